The number of benzene rings is 1. The zero-order valence-electron chi connectivity index (χ0n) is 9.38. The molecule has 0 saturated heterocycles. The number of hydrogen-bond acceptors (Lipinski definition) is 3. The van der Waals surface area contributed by atoms with Crippen LogP contribution in [0.3, 0.4) is 0 Å². The Balaban J connectivity index is 2.35. The zero-order valence-corrected chi connectivity index (χ0v) is 9.38. The molecule has 1 aliphatic rings. The van der Waals surface area contributed by atoms with Gasteiger partial charge < -0.3 is 0 Å². The molecule has 0 aliphatic carbocycles. The van der Waals surface area contributed by atoms with Crippen molar-refractivity contribution in [2.75, 3.05) is 11.4 Å². The molecule has 0 spiro atoms. The fourth-order valence-corrected chi connectivity index (χ4v) is 2.16. The predicted octanol–water partition coefficient (Wildman–Crippen LogP) is 0.763. The van der Waals surface area contributed by atoms with Crippen molar-refractivity contribution in [1.29, 1.82) is 0 Å². The largest absolute Gasteiger partial charge is 0.280 e. The van der Waals surface area contributed by atoms with Gasteiger partial charge >= 0.3 is 0 Å². The maximum absolute atomic E-state index is 12.2. The summed E-state index contributed by atoms with van der Waals surface area (Å²) in [7, 11) is 0. The maximum Gasteiger partial charge on any atom is 0.262 e. The van der Waals surface area contributed by atoms with Crippen LogP contribution in [0, 0.1) is 0 Å². The molecule has 0 fully saturated rings. The van der Waals surface area contributed by atoms with Crippen molar-refractivity contribution in [1.82, 2.24) is 9.55 Å². The third-order valence-corrected chi connectivity index (χ3v) is 3.01. The number of para-hydroxylation sites is 1. The minimum absolute atomic E-state index is 0.0747. The molecule has 0 unspecified atom stereocenters. The highest BCUT2D eigenvalue weighted by atomic mass is 16.2. The van der Waals surface area contributed by atoms with Crippen LogP contribution < -0.4 is 10.5 Å². The van der Waals surface area contributed by atoms with Gasteiger partial charge in [-0.25, -0.2) is 4.98 Å². The van der Waals surface area contributed by atoms with Crippen molar-refractivity contribution >= 4 is 22.8 Å². The summed E-state index contributed by atoms with van der Waals surface area (Å²) < 4.78 is 1.56. The highest BCUT2D eigenvalue weighted by molar-refractivity contribution is 5.91. The van der Waals surface area contributed by atoms with Gasteiger partial charge in [-0.15, -0.1) is 0 Å². The number of aromatic nitrogens is 2. The Hall–Kier alpha value is -2.17. The molecular weight excluding hydrogens is 218 g/mol. The summed E-state index contributed by atoms with van der Waals surface area (Å²) in [4.78, 5) is 29.5. The molecule has 1 aromatic heterocycles. The Bertz CT molecular complexity index is 675. The van der Waals surface area contributed by atoms with E-state index in [-0.39, 0.29) is 11.5 Å². The van der Waals surface area contributed by atoms with Gasteiger partial charge in [0.05, 0.1) is 10.9 Å². The van der Waals surface area contributed by atoms with Gasteiger partial charge in [-0.05, 0) is 12.1 Å². The summed E-state index contributed by atoms with van der Waals surface area (Å²) in [5.74, 6) is 0.375. The van der Waals surface area contributed by atoms with E-state index in [4.69, 9.17) is 0 Å². The monoisotopic (exact) mass is 229 g/mol. The zero-order chi connectivity index (χ0) is 12.0. The van der Waals surface area contributed by atoms with Gasteiger partial charge in [0, 0.05) is 20.0 Å². The van der Waals surface area contributed by atoms with E-state index in [2.05, 4.69) is 4.98 Å². The van der Waals surface area contributed by atoms with Gasteiger partial charge in [-0.3, -0.25) is 19.1 Å². The van der Waals surface area contributed by atoms with E-state index in [0.29, 0.717) is 29.9 Å². The topological polar surface area (TPSA) is 55.2 Å². The number of carbonyl (C=O) groups excluding carboxylic acids is 1. The summed E-state index contributed by atoms with van der Waals surface area (Å²) in [5, 5.41) is 0.599. The number of nitrogens with zero attached hydrogens (tertiary/aromatic N) is 3. The Morgan fingerprint density at radius 1 is 1.29 bits per heavy atom. The van der Waals surface area contributed by atoms with Gasteiger partial charge in [0.25, 0.3) is 5.56 Å². The van der Waals surface area contributed by atoms with Gasteiger partial charge in [0.15, 0.2) is 0 Å². The van der Waals surface area contributed by atoms with Crippen LogP contribution >= 0.6 is 0 Å². The lowest BCUT2D eigenvalue weighted by Crippen LogP contribution is -2.27. The number of rotatable bonds is 0. The molecule has 3 rings (SSSR count). The molecule has 86 valence electrons. The third kappa shape index (κ3) is 1.35. The van der Waals surface area contributed by atoms with Crippen molar-refractivity contribution in [2.45, 2.75) is 13.5 Å². The van der Waals surface area contributed by atoms with Crippen LogP contribution in [-0.2, 0) is 11.3 Å². The van der Waals surface area contributed by atoms with Gasteiger partial charge in [0.2, 0.25) is 11.9 Å². The first-order valence-corrected chi connectivity index (χ1v) is 5.46. The highest BCUT2D eigenvalue weighted by Gasteiger charge is 2.25. The summed E-state index contributed by atoms with van der Waals surface area (Å²) in [6, 6.07) is 7.19. The van der Waals surface area contributed by atoms with Crippen molar-refractivity contribution in [3.05, 3.63) is 34.6 Å². The lowest BCUT2D eigenvalue weighted by molar-refractivity contribution is -0.116. The number of carbonyl (C=O) groups is 1. The van der Waals surface area contributed by atoms with E-state index in [1.165, 1.54) is 11.8 Å². The molecule has 0 radical (unpaired) electrons. The summed E-state index contributed by atoms with van der Waals surface area (Å²) in [6.45, 7) is 2.52. The van der Waals surface area contributed by atoms with Crippen LogP contribution in [0.25, 0.3) is 10.9 Å². The molecule has 5 nitrogen and oxygen atoms in total. The van der Waals surface area contributed by atoms with Gasteiger partial charge in [-0.1, -0.05) is 12.1 Å². The second-order valence-corrected chi connectivity index (χ2v) is 4.06. The molecule has 5 heteroatoms. The average molecular weight is 229 g/mol. The second-order valence-electron chi connectivity index (χ2n) is 4.06. The predicted molar refractivity (Wildman–Crippen MR) is 64.0 cm³/mol. The van der Waals surface area contributed by atoms with E-state index in [0.717, 1.165) is 0 Å². The average Bonchev–Trinajstić information content (AvgIpc) is 2.73. The van der Waals surface area contributed by atoms with Crippen molar-refractivity contribution in [3.8, 4) is 0 Å². The molecule has 1 aromatic carbocycles. The summed E-state index contributed by atoms with van der Waals surface area (Å²) in [6.07, 6.45) is 0. The van der Waals surface area contributed by atoms with Crippen LogP contribution in [0.1, 0.15) is 6.92 Å². The quantitative estimate of drug-likeness (QED) is 0.670. The minimum Gasteiger partial charge on any atom is -0.280 e. The summed E-state index contributed by atoms with van der Waals surface area (Å²) >= 11 is 0. The number of anilines is 1. The van der Waals surface area contributed by atoms with E-state index < -0.39 is 0 Å². The summed E-state index contributed by atoms with van der Waals surface area (Å²) in [5.41, 5.74) is 0.561. The Morgan fingerprint density at radius 3 is 2.82 bits per heavy atom. The smallest absolute Gasteiger partial charge is 0.262 e. The molecule has 0 bridgehead atoms. The molecular formula is C12H11N3O2. The molecule has 0 N–H and O–H groups in total. The van der Waals surface area contributed by atoms with Crippen molar-refractivity contribution in [3.63, 3.8) is 0 Å². The molecule has 0 saturated carbocycles. The third-order valence-electron chi connectivity index (χ3n) is 3.01. The Morgan fingerprint density at radius 2 is 2.06 bits per heavy atom. The number of fused-ring (bicyclic) bond motifs is 2. The van der Waals surface area contributed by atoms with Crippen LogP contribution in [0.4, 0.5) is 5.95 Å². The van der Waals surface area contributed by atoms with Gasteiger partial charge in [-0.2, -0.15) is 0 Å². The highest BCUT2D eigenvalue weighted by Crippen LogP contribution is 2.19. The first-order chi connectivity index (χ1) is 8.18. The van der Waals surface area contributed by atoms with Crippen LogP contribution in [-0.4, -0.2) is 22.0 Å². The molecule has 17 heavy (non-hydrogen) atoms. The molecule has 1 amide bonds. The molecule has 2 aromatic rings. The fraction of sp³-hybridized carbons (Fsp3) is 0.250. The Kier molecular flexibility index (Phi) is 2.01. The fourth-order valence-electron chi connectivity index (χ4n) is 2.16. The first-order valence-electron chi connectivity index (χ1n) is 5.46. The lowest BCUT2D eigenvalue weighted by Gasteiger charge is -2.12. The van der Waals surface area contributed by atoms with E-state index >= 15 is 0 Å². The molecule has 0 atom stereocenters. The van der Waals surface area contributed by atoms with Gasteiger partial charge in [0.1, 0.15) is 0 Å². The van der Waals surface area contributed by atoms with Crippen molar-refractivity contribution < 1.29 is 4.79 Å². The lowest BCUT2D eigenvalue weighted by atomic mass is 10.2. The number of hydrogen-bond donors (Lipinski definition) is 0. The molecule has 1 aliphatic heterocycles. The van der Waals surface area contributed by atoms with E-state index in [1.54, 1.807) is 16.7 Å². The maximum atomic E-state index is 12.2. The van der Waals surface area contributed by atoms with E-state index in [1.807, 2.05) is 12.1 Å². The number of amides is 1. The van der Waals surface area contributed by atoms with Crippen LogP contribution in [0.2, 0.25) is 0 Å². The van der Waals surface area contributed by atoms with Crippen LogP contribution in [0.15, 0.2) is 29.1 Å². The normalized spacial score (nSPS) is 14.1. The van der Waals surface area contributed by atoms with E-state index in [9.17, 15) is 9.59 Å². The van der Waals surface area contributed by atoms with Crippen LogP contribution in [0.5, 0.6) is 0 Å². The second kappa shape index (κ2) is 3.41. The minimum atomic E-state index is -0.0848. The standard InChI is InChI=1S/C12H11N3O2/c1-8(16)14-6-7-15-11(17)9-4-2-3-5-10(9)13-12(14)15/h2-5H,6-7H2,1H3. The SMILES string of the molecule is CC(=O)N1CCn2c1nc1ccccc1c2=O. The van der Waals surface area contributed by atoms with Crippen molar-refractivity contribution in [2.24, 2.45) is 0 Å². The Labute approximate surface area is 97.3 Å². The molecule has 2 heterocycles. The first kappa shape index (κ1) is 10.0.